The van der Waals surface area contributed by atoms with Crippen LogP contribution in [0.15, 0.2) is 67.0 Å². The van der Waals surface area contributed by atoms with E-state index in [9.17, 15) is 9.90 Å². The molecule has 4 heteroatoms. The Morgan fingerprint density at radius 1 is 1.07 bits per heavy atom. The topological polar surface area (TPSA) is 62.2 Å². The molecular formula is C24H26N2O2. The first kappa shape index (κ1) is 18.6. The van der Waals surface area contributed by atoms with Crippen LogP contribution in [0.3, 0.4) is 0 Å². The maximum absolute atomic E-state index is 12.4. The number of hydrogen-bond acceptors (Lipinski definition) is 3. The van der Waals surface area contributed by atoms with Crippen molar-refractivity contribution in [2.24, 2.45) is 5.41 Å². The molecule has 2 aromatic carbocycles. The van der Waals surface area contributed by atoms with Gasteiger partial charge < -0.3 is 10.4 Å². The van der Waals surface area contributed by atoms with E-state index in [0.717, 1.165) is 29.2 Å². The van der Waals surface area contributed by atoms with E-state index in [1.165, 1.54) is 5.56 Å². The van der Waals surface area contributed by atoms with Crippen LogP contribution in [0.1, 0.15) is 36.3 Å². The first-order valence-electron chi connectivity index (χ1n) is 9.93. The van der Waals surface area contributed by atoms with Crippen molar-refractivity contribution in [3.05, 3.63) is 78.1 Å². The van der Waals surface area contributed by atoms with Gasteiger partial charge in [0.25, 0.3) is 0 Å². The number of benzene rings is 2. The average Bonchev–Trinajstić information content (AvgIpc) is 2.72. The van der Waals surface area contributed by atoms with Gasteiger partial charge in [0.2, 0.25) is 5.91 Å². The molecule has 4 nitrogen and oxygen atoms in total. The Morgan fingerprint density at radius 3 is 2.61 bits per heavy atom. The molecule has 0 aliphatic heterocycles. The van der Waals surface area contributed by atoms with Crippen molar-refractivity contribution in [2.45, 2.75) is 31.6 Å². The third kappa shape index (κ3) is 3.92. The Balaban J connectivity index is 1.29. The van der Waals surface area contributed by atoms with E-state index in [1.54, 1.807) is 0 Å². The number of nitrogens with one attached hydrogen (secondary N) is 1. The number of fused-ring (bicyclic) bond motifs is 1. The summed E-state index contributed by atoms with van der Waals surface area (Å²) in [6.45, 7) is 0.656. The molecule has 0 radical (unpaired) electrons. The van der Waals surface area contributed by atoms with E-state index in [1.807, 2.05) is 36.7 Å². The van der Waals surface area contributed by atoms with E-state index in [-0.39, 0.29) is 17.9 Å². The zero-order valence-electron chi connectivity index (χ0n) is 16.0. The Bertz CT molecular complexity index is 944. The molecular weight excluding hydrogens is 348 g/mol. The highest BCUT2D eigenvalue weighted by Crippen LogP contribution is 2.50. The van der Waals surface area contributed by atoms with E-state index in [0.29, 0.717) is 25.3 Å². The number of aryl methyl sites for hydroxylation is 1. The summed E-state index contributed by atoms with van der Waals surface area (Å²) in [5, 5.41) is 15.2. The van der Waals surface area contributed by atoms with Gasteiger partial charge in [-0.15, -0.1) is 0 Å². The highest BCUT2D eigenvalue weighted by molar-refractivity contribution is 5.85. The first-order valence-corrected chi connectivity index (χ1v) is 9.93. The van der Waals surface area contributed by atoms with E-state index < -0.39 is 0 Å². The van der Waals surface area contributed by atoms with Crippen molar-refractivity contribution < 1.29 is 9.90 Å². The van der Waals surface area contributed by atoms with Crippen LogP contribution in [0.4, 0.5) is 0 Å². The maximum atomic E-state index is 12.4. The number of aromatic nitrogens is 1. The standard InChI is InChI=1S/C24H26N2O2/c27-17-24(12-21(13-24)18-6-2-1-3-7-18)16-26-23(28)11-10-20-15-25-14-19-8-4-5-9-22(19)20/h1-9,14-15,21,27H,10-13,16-17H2,(H,26,28). The Kier molecular flexibility index (Phi) is 5.40. The van der Waals surface area contributed by atoms with Crippen LogP contribution < -0.4 is 5.32 Å². The fraction of sp³-hybridized carbons (Fsp3) is 0.333. The second kappa shape index (κ2) is 8.11. The van der Waals surface area contributed by atoms with Crippen molar-refractivity contribution >= 4 is 16.7 Å². The fourth-order valence-corrected chi connectivity index (χ4v) is 4.28. The van der Waals surface area contributed by atoms with Crippen molar-refractivity contribution in [1.82, 2.24) is 10.3 Å². The SMILES string of the molecule is O=C(CCc1cncc2ccccc12)NCC1(CO)CC(c2ccccc2)C1. The first-order chi connectivity index (χ1) is 13.7. The Labute approximate surface area is 165 Å². The molecule has 0 spiro atoms. The van der Waals surface area contributed by atoms with E-state index in [2.05, 4.69) is 40.6 Å². The van der Waals surface area contributed by atoms with Crippen LogP contribution in [0, 0.1) is 5.41 Å². The van der Waals surface area contributed by atoms with Gasteiger partial charge >= 0.3 is 0 Å². The van der Waals surface area contributed by atoms with Crippen LogP contribution in [0.2, 0.25) is 0 Å². The second-order valence-corrected chi connectivity index (χ2v) is 7.97. The molecule has 0 unspecified atom stereocenters. The van der Waals surface area contributed by atoms with Gasteiger partial charge in [-0.3, -0.25) is 9.78 Å². The number of aliphatic hydroxyl groups is 1. The molecule has 1 saturated carbocycles. The highest BCUT2D eigenvalue weighted by atomic mass is 16.3. The van der Waals surface area contributed by atoms with Gasteiger partial charge in [-0.05, 0) is 41.7 Å². The van der Waals surface area contributed by atoms with Crippen molar-refractivity contribution in [2.75, 3.05) is 13.2 Å². The van der Waals surface area contributed by atoms with Gasteiger partial charge in [-0.2, -0.15) is 0 Å². The number of carbonyl (C=O) groups excluding carboxylic acids is 1. The summed E-state index contributed by atoms with van der Waals surface area (Å²) in [6.07, 6.45) is 6.63. The summed E-state index contributed by atoms with van der Waals surface area (Å²) in [7, 11) is 0. The van der Waals surface area contributed by atoms with E-state index >= 15 is 0 Å². The smallest absolute Gasteiger partial charge is 0.220 e. The lowest BCUT2D eigenvalue weighted by Crippen LogP contribution is -2.48. The minimum absolute atomic E-state index is 0.0314. The molecule has 0 bridgehead atoms. The van der Waals surface area contributed by atoms with Gasteiger partial charge in [-0.1, -0.05) is 54.6 Å². The lowest BCUT2D eigenvalue weighted by molar-refractivity contribution is -0.122. The summed E-state index contributed by atoms with van der Waals surface area (Å²) in [5.41, 5.74) is 2.23. The number of carbonyl (C=O) groups is 1. The zero-order chi connectivity index (χ0) is 19.4. The number of amides is 1. The third-order valence-electron chi connectivity index (χ3n) is 6.00. The summed E-state index contributed by atoms with van der Waals surface area (Å²) in [4.78, 5) is 16.7. The number of pyridine rings is 1. The van der Waals surface area contributed by atoms with Crippen LogP contribution in [0.25, 0.3) is 10.8 Å². The van der Waals surface area contributed by atoms with Crippen LogP contribution in [0.5, 0.6) is 0 Å². The molecule has 1 amide bonds. The number of rotatable bonds is 7. The average molecular weight is 374 g/mol. The van der Waals surface area contributed by atoms with Gasteiger partial charge in [0.05, 0.1) is 6.61 Å². The number of aliphatic hydroxyl groups excluding tert-OH is 1. The van der Waals surface area contributed by atoms with E-state index in [4.69, 9.17) is 0 Å². The molecule has 1 aliphatic rings. The minimum Gasteiger partial charge on any atom is -0.396 e. The van der Waals surface area contributed by atoms with Gasteiger partial charge in [0.1, 0.15) is 0 Å². The van der Waals surface area contributed by atoms with Crippen LogP contribution in [-0.2, 0) is 11.2 Å². The third-order valence-corrected chi connectivity index (χ3v) is 6.00. The molecule has 1 heterocycles. The van der Waals surface area contributed by atoms with Gasteiger partial charge in [-0.25, -0.2) is 0 Å². The molecule has 144 valence electrons. The molecule has 0 saturated heterocycles. The van der Waals surface area contributed by atoms with Crippen molar-refractivity contribution in [3.8, 4) is 0 Å². The summed E-state index contributed by atoms with van der Waals surface area (Å²) in [6, 6.07) is 18.5. The minimum atomic E-state index is -0.183. The quantitative estimate of drug-likeness (QED) is 0.660. The molecule has 1 aromatic heterocycles. The molecule has 3 aromatic rings. The predicted molar refractivity (Wildman–Crippen MR) is 111 cm³/mol. The van der Waals surface area contributed by atoms with Crippen molar-refractivity contribution in [1.29, 1.82) is 0 Å². The summed E-state index contributed by atoms with van der Waals surface area (Å²) >= 11 is 0. The highest BCUT2D eigenvalue weighted by Gasteiger charge is 2.44. The Hall–Kier alpha value is -2.72. The molecule has 1 aliphatic carbocycles. The molecule has 4 rings (SSSR count). The molecule has 2 N–H and O–H groups in total. The second-order valence-electron chi connectivity index (χ2n) is 7.97. The van der Waals surface area contributed by atoms with Gasteiger partial charge in [0.15, 0.2) is 0 Å². The van der Waals surface area contributed by atoms with Crippen LogP contribution >= 0.6 is 0 Å². The number of hydrogen-bond donors (Lipinski definition) is 2. The van der Waals surface area contributed by atoms with Gasteiger partial charge in [0, 0.05) is 36.2 Å². The zero-order valence-corrected chi connectivity index (χ0v) is 16.0. The van der Waals surface area contributed by atoms with Crippen LogP contribution in [-0.4, -0.2) is 29.1 Å². The molecule has 0 atom stereocenters. The predicted octanol–water partition coefficient (Wildman–Crippen LogP) is 3.84. The van der Waals surface area contributed by atoms with Crippen molar-refractivity contribution in [3.63, 3.8) is 0 Å². The number of nitrogens with zero attached hydrogens (tertiary/aromatic N) is 1. The molecule has 28 heavy (non-hydrogen) atoms. The monoisotopic (exact) mass is 374 g/mol. The normalized spacial score (nSPS) is 21.2. The largest absolute Gasteiger partial charge is 0.396 e. The maximum Gasteiger partial charge on any atom is 0.220 e. The Morgan fingerprint density at radius 2 is 1.82 bits per heavy atom. The lowest BCUT2D eigenvalue weighted by atomic mass is 9.60. The summed E-state index contributed by atoms with van der Waals surface area (Å²) in [5.74, 6) is 0.510. The summed E-state index contributed by atoms with van der Waals surface area (Å²) < 4.78 is 0. The molecule has 1 fully saturated rings. The fourth-order valence-electron chi connectivity index (χ4n) is 4.28. The lowest BCUT2D eigenvalue weighted by Gasteiger charge is -2.47.